The van der Waals surface area contributed by atoms with Crippen LogP contribution in [-0.4, -0.2) is 53.4 Å². The molecule has 1 aliphatic rings. The molecule has 2 atom stereocenters. The normalized spacial score (nSPS) is 21.5. The van der Waals surface area contributed by atoms with Gasteiger partial charge >= 0.3 is 0 Å². The molecule has 0 saturated carbocycles. The first-order chi connectivity index (χ1) is 10.7. The Labute approximate surface area is 130 Å². The summed E-state index contributed by atoms with van der Waals surface area (Å²) >= 11 is 0. The van der Waals surface area contributed by atoms with Crippen LogP contribution in [0.15, 0.2) is 47.3 Å². The maximum atomic E-state index is 12.7. The number of likely N-dealkylation sites (tertiary alicyclic amines) is 1. The van der Waals surface area contributed by atoms with Gasteiger partial charge < -0.3 is 14.2 Å². The molecule has 1 fully saturated rings. The summed E-state index contributed by atoms with van der Waals surface area (Å²) < 4.78 is 5.28. The van der Waals surface area contributed by atoms with Gasteiger partial charge in [-0.3, -0.25) is 9.78 Å². The minimum absolute atomic E-state index is 0.0248. The van der Waals surface area contributed by atoms with Gasteiger partial charge in [-0.2, -0.15) is 0 Å². The highest BCUT2D eigenvalue weighted by Crippen LogP contribution is 2.26. The van der Waals surface area contributed by atoms with Gasteiger partial charge in [-0.05, 0) is 50.7 Å². The van der Waals surface area contributed by atoms with Crippen LogP contribution < -0.4 is 0 Å². The molecule has 22 heavy (non-hydrogen) atoms. The third-order valence-electron chi connectivity index (χ3n) is 4.33. The van der Waals surface area contributed by atoms with Crippen molar-refractivity contribution in [2.45, 2.75) is 24.9 Å². The molecule has 116 valence electrons. The van der Waals surface area contributed by atoms with Gasteiger partial charge in [0.1, 0.15) is 0 Å². The summed E-state index contributed by atoms with van der Waals surface area (Å²) in [5.41, 5.74) is 1.15. The molecule has 2 aromatic rings. The Balaban J connectivity index is 1.84. The zero-order chi connectivity index (χ0) is 15.5. The van der Waals surface area contributed by atoms with E-state index in [1.165, 1.54) is 0 Å². The van der Waals surface area contributed by atoms with E-state index in [0.717, 1.165) is 24.9 Å². The van der Waals surface area contributed by atoms with Crippen molar-refractivity contribution in [2.24, 2.45) is 0 Å². The van der Waals surface area contributed by atoms with Crippen LogP contribution in [0.5, 0.6) is 0 Å². The van der Waals surface area contributed by atoms with E-state index >= 15 is 0 Å². The van der Waals surface area contributed by atoms with Crippen molar-refractivity contribution in [1.29, 1.82) is 0 Å². The fourth-order valence-electron chi connectivity index (χ4n) is 3.24. The highest BCUT2D eigenvalue weighted by Gasteiger charge is 2.39. The predicted molar refractivity (Wildman–Crippen MR) is 83.6 cm³/mol. The molecule has 5 nitrogen and oxygen atoms in total. The van der Waals surface area contributed by atoms with Gasteiger partial charge in [0.25, 0.3) is 5.91 Å². The van der Waals surface area contributed by atoms with E-state index in [2.05, 4.69) is 30.0 Å². The standard InChI is InChI=1S/C17H21N3O2/c1-19(2)14-7-9-20(17(21)16-6-4-10-22-16)15(14)11-13-5-3-8-18-12-13/h3-6,8,10,12,14-15H,7,9,11H2,1-2H3/t14-,15+/m1/s1. The molecule has 1 aliphatic heterocycles. The predicted octanol–water partition coefficient (Wildman–Crippen LogP) is 2.06. The second-order valence-electron chi connectivity index (χ2n) is 5.93. The first kappa shape index (κ1) is 14.8. The van der Waals surface area contributed by atoms with Crippen molar-refractivity contribution in [3.63, 3.8) is 0 Å². The van der Waals surface area contributed by atoms with Crippen LogP contribution in [0.2, 0.25) is 0 Å². The number of nitrogens with zero attached hydrogens (tertiary/aromatic N) is 3. The Bertz CT molecular complexity index is 610. The van der Waals surface area contributed by atoms with Crippen LogP contribution in [-0.2, 0) is 6.42 Å². The average Bonchev–Trinajstić information content (AvgIpc) is 3.17. The number of carbonyl (C=O) groups is 1. The van der Waals surface area contributed by atoms with Gasteiger partial charge in [0.05, 0.1) is 12.3 Å². The Morgan fingerprint density at radius 1 is 1.41 bits per heavy atom. The zero-order valence-corrected chi connectivity index (χ0v) is 13.0. The van der Waals surface area contributed by atoms with E-state index in [-0.39, 0.29) is 11.9 Å². The highest BCUT2D eigenvalue weighted by molar-refractivity contribution is 5.92. The Morgan fingerprint density at radius 3 is 2.91 bits per heavy atom. The van der Waals surface area contributed by atoms with Gasteiger partial charge in [-0.25, -0.2) is 0 Å². The first-order valence-electron chi connectivity index (χ1n) is 7.56. The maximum absolute atomic E-state index is 12.7. The van der Waals surface area contributed by atoms with Crippen molar-refractivity contribution in [3.05, 3.63) is 54.2 Å². The molecular formula is C17H21N3O2. The number of pyridine rings is 1. The fraction of sp³-hybridized carbons (Fsp3) is 0.412. The second kappa shape index (κ2) is 6.32. The first-order valence-corrected chi connectivity index (χ1v) is 7.56. The third kappa shape index (κ3) is 2.90. The van der Waals surface area contributed by atoms with Crippen molar-refractivity contribution in [2.75, 3.05) is 20.6 Å². The molecule has 5 heteroatoms. The van der Waals surface area contributed by atoms with Crippen molar-refractivity contribution < 1.29 is 9.21 Å². The van der Waals surface area contributed by atoms with Gasteiger partial charge in [-0.1, -0.05) is 6.07 Å². The van der Waals surface area contributed by atoms with E-state index in [4.69, 9.17) is 4.42 Å². The zero-order valence-electron chi connectivity index (χ0n) is 13.0. The van der Waals surface area contributed by atoms with Crippen LogP contribution >= 0.6 is 0 Å². The molecule has 0 unspecified atom stereocenters. The minimum atomic E-state index is -0.0248. The molecule has 1 saturated heterocycles. The number of rotatable bonds is 4. The smallest absolute Gasteiger partial charge is 0.289 e. The Morgan fingerprint density at radius 2 is 2.27 bits per heavy atom. The summed E-state index contributed by atoms with van der Waals surface area (Å²) in [6.07, 6.45) is 6.98. The second-order valence-corrected chi connectivity index (χ2v) is 5.93. The lowest BCUT2D eigenvalue weighted by Gasteiger charge is -2.31. The van der Waals surface area contributed by atoms with Crippen LogP contribution in [0.4, 0.5) is 0 Å². The number of furan rings is 1. The van der Waals surface area contributed by atoms with Crippen LogP contribution in [0.25, 0.3) is 0 Å². The number of hydrogen-bond acceptors (Lipinski definition) is 4. The van der Waals surface area contributed by atoms with E-state index in [0.29, 0.717) is 11.8 Å². The molecule has 0 radical (unpaired) electrons. The molecular weight excluding hydrogens is 278 g/mol. The molecule has 0 aromatic carbocycles. The van der Waals surface area contributed by atoms with E-state index < -0.39 is 0 Å². The van der Waals surface area contributed by atoms with Crippen molar-refractivity contribution in [1.82, 2.24) is 14.8 Å². The lowest BCUT2D eigenvalue weighted by atomic mass is 10.0. The minimum Gasteiger partial charge on any atom is -0.459 e. The highest BCUT2D eigenvalue weighted by atomic mass is 16.3. The van der Waals surface area contributed by atoms with Gasteiger partial charge in [0, 0.05) is 25.0 Å². The average molecular weight is 299 g/mol. The quantitative estimate of drug-likeness (QED) is 0.867. The number of carbonyl (C=O) groups excluding carboxylic acids is 1. The SMILES string of the molecule is CN(C)[C@@H]1CCN(C(=O)c2ccco2)[C@H]1Cc1cccnc1. The Hall–Kier alpha value is -2.14. The Kier molecular flexibility index (Phi) is 4.24. The summed E-state index contributed by atoms with van der Waals surface area (Å²) in [6.45, 7) is 0.757. The summed E-state index contributed by atoms with van der Waals surface area (Å²) in [4.78, 5) is 21.0. The molecule has 2 aromatic heterocycles. The van der Waals surface area contributed by atoms with Crippen LogP contribution in [0, 0.1) is 0 Å². The van der Waals surface area contributed by atoms with Gasteiger partial charge in [0.2, 0.25) is 0 Å². The lowest BCUT2D eigenvalue weighted by Crippen LogP contribution is -2.45. The topological polar surface area (TPSA) is 49.6 Å². The lowest BCUT2D eigenvalue weighted by molar-refractivity contribution is 0.0672. The number of likely N-dealkylation sites (N-methyl/N-ethyl adjacent to an activating group) is 1. The molecule has 3 heterocycles. The summed E-state index contributed by atoms with van der Waals surface area (Å²) in [7, 11) is 4.14. The fourth-order valence-corrected chi connectivity index (χ4v) is 3.24. The van der Waals surface area contributed by atoms with Crippen LogP contribution in [0.1, 0.15) is 22.5 Å². The molecule has 0 aliphatic carbocycles. The molecule has 0 N–H and O–H groups in total. The van der Waals surface area contributed by atoms with Crippen LogP contribution in [0.3, 0.4) is 0 Å². The summed E-state index contributed by atoms with van der Waals surface area (Å²) in [5.74, 6) is 0.388. The molecule has 1 amide bonds. The molecule has 0 bridgehead atoms. The van der Waals surface area contributed by atoms with E-state index in [9.17, 15) is 4.79 Å². The number of aromatic nitrogens is 1. The monoisotopic (exact) mass is 299 g/mol. The summed E-state index contributed by atoms with van der Waals surface area (Å²) in [6, 6.07) is 7.97. The molecule has 3 rings (SSSR count). The largest absolute Gasteiger partial charge is 0.459 e. The van der Waals surface area contributed by atoms with E-state index in [1.54, 1.807) is 24.6 Å². The van der Waals surface area contributed by atoms with Crippen molar-refractivity contribution >= 4 is 5.91 Å². The van der Waals surface area contributed by atoms with Gasteiger partial charge in [0.15, 0.2) is 5.76 Å². The third-order valence-corrected chi connectivity index (χ3v) is 4.33. The number of hydrogen-bond donors (Lipinski definition) is 0. The summed E-state index contributed by atoms with van der Waals surface area (Å²) in [5, 5.41) is 0. The maximum Gasteiger partial charge on any atom is 0.289 e. The van der Waals surface area contributed by atoms with E-state index in [1.807, 2.05) is 17.2 Å². The van der Waals surface area contributed by atoms with Gasteiger partial charge in [-0.15, -0.1) is 0 Å². The molecule has 0 spiro atoms. The number of amides is 1. The van der Waals surface area contributed by atoms with Crippen molar-refractivity contribution in [3.8, 4) is 0 Å².